The third-order valence-corrected chi connectivity index (χ3v) is 2.52. The van der Waals surface area contributed by atoms with Crippen molar-refractivity contribution in [2.24, 2.45) is 5.92 Å². The van der Waals surface area contributed by atoms with E-state index in [0.29, 0.717) is 0 Å². The van der Waals surface area contributed by atoms with E-state index in [4.69, 9.17) is 4.74 Å². The molecule has 1 aliphatic rings. The highest BCUT2D eigenvalue weighted by molar-refractivity contribution is 5.81. The van der Waals surface area contributed by atoms with E-state index in [2.05, 4.69) is 0 Å². The van der Waals surface area contributed by atoms with Crippen LogP contribution in [0, 0.1) is 5.92 Å². The summed E-state index contributed by atoms with van der Waals surface area (Å²) < 4.78 is 4.95. The predicted molar refractivity (Wildman–Crippen MR) is 40.0 cm³/mol. The van der Waals surface area contributed by atoms with E-state index in [1.54, 1.807) is 0 Å². The number of esters is 1. The first-order valence-electron chi connectivity index (χ1n) is 3.93. The van der Waals surface area contributed by atoms with Crippen LogP contribution in [0.5, 0.6) is 0 Å². The van der Waals surface area contributed by atoms with Crippen LogP contribution in [0.3, 0.4) is 0 Å². The molecule has 3 heteroatoms. The molecule has 0 amide bonds. The summed E-state index contributed by atoms with van der Waals surface area (Å²) in [7, 11) is 0. The fourth-order valence-corrected chi connectivity index (χ4v) is 1.34. The zero-order valence-electron chi connectivity index (χ0n) is 7.13. The number of carbonyl (C=O) groups is 1. The van der Waals surface area contributed by atoms with Gasteiger partial charge in [0.05, 0.1) is 0 Å². The van der Waals surface area contributed by atoms with Crippen LogP contribution in [0.15, 0.2) is 0 Å². The SMILES string of the molecule is CC[C@H]1OC(=O)[C@](C)(O)C1C. The zero-order valence-corrected chi connectivity index (χ0v) is 7.13. The Kier molecular flexibility index (Phi) is 1.92. The van der Waals surface area contributed by atoms with Crippen LogP contribution in [0.25, 0.3) is 0 Å². The first-order chi connectivity index (χ1) is 5.00. The van der Waals surface area contributed by atoms with Crippen LogP contribution < -0.4 is 0 Å². The first-order valence-corrected chi connectivity index (χ1v) is 3.93. The quantitative estimate of drug-likeness (QED) is 0.572. The number of rotatable bonds is 1. The molecular weight excluding hydrogens is 144 g/mol. The van der Waals surface area contributed by atoms with Crippen LogP contribution in [0.1, 0.15) is 27.2 Å². The molecule has 1 saturated heterocycles. The smallest absolute Gasteiger partial charge is 0.338 e. The maximum atomic E-state index is 11.0. The van der Waals surface area contributed by atoms with Crippen LogP contribution in [-0.4, -0.2) is 22.8 Å². The molecule has 0 aliphatic carbocycles. The zero-order chi connectivity index (χ0) is 8.65. The monoisotopic (exact) mass is 158 g/mol. The van der Waals surface area contributed by atoms with Gasteiger partial charge in [-0.25, -0.2) is 4.79 Å². The predicted octanol–water partition coefficient (Wildman–Crippen LogP) is 0.709. The minimum atomic E-state index is -1.28. The Morgan fingerprint density at radius 3 is 2.45 bits per heavy atom. The summed E-state index contributed by atoms with van der Waals surface area (Å²) in [4.78, 5) is 11.0. The Morgan fingerprint density at radius 1 is 1.73 bits per heavy atom. The average Bonchev–Trinajstić information content (AvgIpc) is 2.14. The third kappa shape index (κ3) is 1.13. The molecule has 0 aromatic heterocycles. The van der Waals surface area contributed by atoms with Crippen molar-refractivity contribution in [3.8, 4) is 0 Å². The van der Waals surface area contributed by atoms with Gasteiger partial charge in [-0.1, -0.05) is 13.8 Å². The normalized spacial score (nSPS) is 44.2. The van der Waals surface area contributed by atoms with E-state index in [0.717, 1.165) is 6.42 Å². The highest BCUT2D eigenvalue weighted by Crippen LogP contribution is 2.32. The van der Waals surface area contributed by atoms with Gasteiger partial charge in [0.15, 0.2) is 5.60 Å². The van der Waals surface area contributed by atoms with Crippen molar-refractivity contribution in [1.29, 1.82) is 0 Å². The van der Waals surface area contributed by atoms with Crippen molar-refractivity contribution in [2.75, 3.05) is 0 Å². The second kappa shape index (κ2) is 2.48. The summed E-state index contributed by atoms with van der Waals surface area (Å²) >= 11 is 0. The molecular formula is C8H14O3. The number of hydrogen-bond donors (Lipinski definition) is 1. The van der Waals surface area contributed by atoms with E-state index in [1.807, 2.05) is 13.8 Å². The van der Waals surface area contributed by atoms with Gasteiger partial charge in [0, 0.05) is 5.92 Å². The van der Waals surface area contributed by atoms with E-state index < -0.39 is 11.6 Å². The molecule has 64 valence electrons. The van der Waals surface area contributed by atoms with E-state index in [9.17, 15) is 9.90 Å². The molecule has 0 radical (unpaired) electrons. The second-order valence-electron chi connectivity index (χ2n) is 3.29. The van der Waals surface area contributed by atoms with Crippen molar-refractivity contribution in [3.63, 3.8) is 0 Å². The molecule has 1 heterocycles. The fourth-order valence-electron chi connectivity index (χ4n) is 1.34. The Hall–Kier alpha value is -0.570. The standard InChI is InChI=1S/C8H14O3/c1-4-6-5(2)8(3,10)7(9)11-6/h5-6,10H,4H2,1-3H3/t5?,6-,8-/m1/s1. The molecule has 0 saturated carbocycles. The van der Waals surface area contributed by atoms with E-state index in [-0.39, 0.29) is 12.0 Å². The number of carbonyl (C=O) groups excluding carboxylic acids is 1. The molecule has 0 aromatic carbocycles. The highest BCUT2D eigenvalue weighted by Gasteiger charge is 2.49. The minimum Gasteiger partial charge on any atom is -0.460 e. The van der Waals surface area contributed by atoms with E-state index >= 15 is 0 Å². The van der Waals surface area contributed by atoms with Gasteiger partial charge < -0.3 is 9.84 Å². The number of ether oxygens (including phenoxy) is 1. The molecule has 0 aromatic rings. The van der Waals surface area contributed by atoms with Gasteiger partial charge in [0.25, 0.3) is 0 Å². The Bertz CT molecular complexity index is 174. The number of cyclic esters (lactones) is 1. The van der Waals surface area contributed by atoms with Gasteiger partial charge in [-0.15, -0.1) is 0 Å². The molecule has 11 heavy (non-hydrogen) atoms. The molecule has 3 atom stereocenters. The van der Waals surface area contributed by atoms with Gasteiger partial charge in [0.1, 0.15) is 6.10 Å². The lowest BCUT2D eigenvalue weighted by Gasteiger charge is -2.18. The molecule has 0 spiro atoms. The van der Waals surface area contributed by atoms with Gasteiger partial charge in [-0.2, -0.15) is 0 Å². The maximum Gasteiger partial charge on any atom is 0.338 e. The van der Waals surface area contributed by atoms with Crippen LogP contribution >= 0.6 is 0 Å². The van der Waals surface area contributed by atoms with Gasteiger partial charge in [0.2, 0.25) is 0 Å². The summed E-state index contributed by atoms with van der Waals surface area (Å²) in [6.45, 7) is 5.28. The molecule has 1 aliphatic heterocycles. The molecule has 3 nitrogen and oxygen atoms in total. The average molecular weight is 158 g/mol. The van der Waals surface area contributed by atoms with Gasteiger partial charge in [-0.05, 0) is 13.3 Å². The maximum absolute atomic E-state index is 11.0. The summed E-state index contributed by atoms with van der Waals surface area (Å²) in [5.41, 5.74) is -1.28. The topological polar surface area (TPSA) is 46.5 Å². The van der Waals surface area contributed by atoms with E-state index in [1.165, 1.54) is 6.92 Å². The van der Waals surface area contributed by atoms with Crippen molar-refractivity contribution < 1.29 is 14.6 Å². The summed E-state index contributed by atoms with van der Waals surface area (Å²) in [6.07, 6.45) is 0.653. The summed E-state index contributed by atoms with van der Waals surface area (Å²) in [5, 5.41) is 9.56. The van der Waals surface area contributed by atoms with Gasteiger partial charge in [-0.3, -0.25) is 0 Å². The Balaban J connectivity index is 2.80. The number of hydrogen-bond acceptors (Lipinski definition) is 3. The molecule has 1 unspecified atom stereocenters. The summed E-state index contributed by atoms with van der Waals surface area (Å²) in [6, 6.07) is 0. The van der Waals surface area contributed by atoms with Crippen molar-refractivity contribution in [3.05, 3.63) is 0 Å². The minimum absolute atomic E-state index is 0.0972. The molecule has 1 rings (SSSR count). The van der Waals surface area contributed by atoms with Crippen molar-refractivity contribution in [2.45, 2.75) is 38.9 Å². The second-order valence-corrected chi connectivity index (χ2v) is 3.29. The molecule has 0 bridgehead atoms. The Labute approximate surface area is 66.4 Å². The summed E-state index contributed by atoms with van der Waals surface area (Å²) in [5.74, 6) is -0.586. The molecule has 1 fully saturated rings. The lowest BCUT2D eigenvalue weighted by Crippen LogP contribution is -2.36. The number of aliphatic hydroxyl groups is 1. The molecule has 1 N–H and O–H groups in total. The van der Waals surface area contributed by atoms with Crippen molar-refractivity contribution in [1.82, 2.24) is 0 Å². The highest BCUT2D eigenvalue weighted by atomic mass is 16.6. The Morgan fingerprint density at radius 2 is 2.27 bits per heavy atom. The van der Waals surface area contributed by atoms with Crippen molar-refractivity contribution >= 4 is 5.97 Å². The lowest BCUT2D eigenvalue weighted by molar-refractivity contribution is -0.154. The van der Waals surface area contributed by atoms with Crippen LogP contribution in [0.2, 0.25) is 0 Å². The van der Waals surface area contributed by atoms with Crippen LogP contribution in [0.4, 0.5) is 0 Å². The third-order valence-electron chi connectivity index (χ3n) is 2.52. The first kappa shape index (κ1) is 8.53. The fraction of sp³-hybridized carbons (Fsp3) is 0.875. The van der Waals surface area contributed by atoms with Gasteiger partial charge >= 0.3 is 5.97 Å². The largest absolute Gasteiger partial charge is 0.460 e. The van der Waals surface area contributed by atoms with Crippen LogP contribution in [-0.2, 0) is 9.53 Å². The lowest BCUT2D eigenvalue weighted by atomic mass is 9.88.